The van der Waals surface area contributed by atoms with Crippen LogP contribution in [0, 0.1) is 5.92 Å². The molecule has 1 aromatic carbocycles. The molecule has 1 amide bonds. The largest absolute Gasteiger partial charge is 0.316 e. The van der Waals surface area contributed by atoms with Gasteiger partial charge in [-0.15, -0.1) is 24.8 Å². The van der Waals surface area contributed by atoms with Crippen LogP contribution in [0.2, 0.25) is 0 Å². The Bertz CT molecular complexity index is 937. The van der Waals surface area contributed by atoms with E-state index >= 15 is 0 Å². The Balaban J connectivity index is 0.00000140. The molecule has 0 radical (unpaired) electrons. The fourth-order valence-electron chi connectivity index (χ4n) is 3.61. The standard InChI is InChI=1S/C20H23N5O.2ClH/c1-2-25-18-6-4-3-5-17(18)23-20(25)24-19(26)16-10-15(12-22-13-16)9-14-7-8-21-11-14;;/h3-6,10,12-14,21H,2,7-9,11H2,1H3,(H,23,24,26);2*1H. The quantitative estimate of drug-likeness (QED) is 0.658. The van der Waals surface area contributed by atoms with Gasteiger partial charge in [-0.25, -0.2) is 4.98 Å². The second-order valence-electron chi connectivity index (χ2n) is 6.77. The summed E-state index contributed by atoms with van der Waals surface area (Å²) in [7, 11) is 0. The zero-order chi connectivity index (χ0) is 17.9. The number of hydrogen-bond donors (Lipinski definition) is 2. The van der Waals surface area contributed by atoms with E-state index in [0.29, 0.717) is 17.4 Å². The lowest BCUT2D eigenvalue weighted by molar-refractivity contribution is 0.102. The lowest BCUT2D eigenvalue weighted by atomic mass is 9.99. The fourth-order valence-corrected chi connectivity index (χ4v) is 3.61. The number of imidazole rings is 1. The maximum Gasteiger partial charge on any atom is 0.259 e. The second kappa shape index (κ2) is 9.87. The van der Waals surface area contributed by atoms with E-state index in [9.17, 15) is 4.79 Å². The van der Waals surface area contributed by atoms with Crippen molar-refractivity contribution < 1.29 is 4.79 Å². The third kappa shape index (κ3) is 4.63. The fraction of sp³-hybridized carbons (Fsp3) is 0.350. The van der Waals surface area contributed by atoms with Crippen LogP contribution < -0.4 is 10.6 Å². The maximum absolute atomic E-state index is 12.7. The van der Waals surface area contributed by atoms with Crippen molar-refractivity contribution in [2.24, 2.45) is 5.92 Å². The van der Waals surface area contributed by atoms with Crippen molar-refractivity contribution in [2.45, 2.75) is 26.3 Å². The number of aromatic nitrogens is 3. The highest BCUT2D eigenvalue weighted by atomic mass is 35.5. The lowest BCUT2D eigenvalue weighted by Crippen LogP contribution is -2.17. The Morgan fingerprint density at radius 3 is 2.86 bits per heavy atom. The van der Waals surface area contributed by atoms with Crippen molar-refractivity contribution >= 4 is 47.7 Å². The minimum absolute atomic E-state index is 0. The first kappa shape index (κ1) is 22.1. The van der Waals surface area contributed by atoms with Gasteiger partial charge in [-0.3, -0.25) is 15.1 Å². The first-order valence-electron chi connectivity index (χ1n) is 9.16. The van der Waals surface area contributed by atoms with Crippen molar-refractivity contribution in [2.75, 3.05) is 18.4 Å². The number of nitrogens with zero attached hydrogens (tertiary/aromatic N) is 3. The van der Waals surface area contributed by atoms with Crippen LogP contribution in [-0.2, 0) is 13.0 Å². The number of carbonyl (C=O) groups is 1. The molecule has 1 aliphatic rings. The number of nitrogens with one attached hydrogen (secondary N) is 2. The number of amides is 1. The molecule has 0 bridgehead atoms. The smallest absolute Gasteiger partial charge is 0.259 e. The van der Waals surface area contributed by atoms with E-state index in [1.54, 1.807) is 6.20 Å². The van der Waals surface area contributed by atoms with Gasteiger partial charge in [-0.2, -0.15) is 0 Å². The zero-order valence-corrected chi connectivity index (χ0v) is 17.4. The van der Waals surface area contributed by atoms with Crippen molar-refractivity contribution in [3.05, 3.63) is 53.9 Å². The summed E-state index contributed by atoms with van der Waals surface area (Å²) in [5, 5.41) is 6.33. The molecule has 2 aromatic heterocycles. The molecule has 2 N–H and O–H groups in total. The number of rotatable bonds is 5. The molecule has 0 aliphatic carbocycles. The molecule has 28 heavy (non-hydrogen) atoms. The first-order chi connectivity index (χ1) is 12.7. The molecule has 8 heteroatoms. The molecular weight excluding hydrogens is 397 g/mol. The number of aryl methyl sites for hydroxylation is 1. The average Bonchev–Trinajstić information content (AvgIpc) is 3.28. The van der Waals surface area contributed by atoms with E-state index in [2.05, 4.69) is 20.6 Å². The minimum atomic E-state index is -0.172. The van der Waals surface area contributed by atoms with Crippen LogP contribution in [-0.4, -0.2) is 33.5 Å². The van der Waals surface area contributed by atoms with E-state index in [-0.39, 0.29) is 30.7 Å². The summed E-state index contributed by atoms with van der Waals surface area (Å²) in [6, 6.07) is 9.84. The van der Waals surface area contributed by atoms with Crippen LogP contribution in [0.4, 0.5) is 5.95 Å². The summed E-state index contributed by atoms with van der Waals surface area (Å²) in [6.45, 7) is 4.90. The van der Waals surface area contributed by atoms with Gasteiger partial charge in [0.2, 0.25) is 5.95 Å². The van der Waals surface area contributed by atoms with Crippen molar-refractivity contribution in [1.82, 2.24) is 19.9 Å². The van der Waals surface area contributed by atoms with Crippen molar-refractivity contribution in [3.63, 3.8) is 0 Å². The number of fused-ring (bicyclic) bond motifs is 1. The molecule has 4 rings (SSSR count). The van der Waals surface area contributed by atoms with Gasteiger partial charge in [0.05, 0.1) is 16.6 Å². The normalized spacial score (nSPS) is 15.7. The molecule has 0 spiro atoms. The molecule has 3 aromatic rings. The van der Waals surface area contributed by atoms with Crippen LogP contribution >= 0.6 is 24.8 Å². The number of anilines is 1. The number of para-hydroxylation sites is 2. The summed E-state index contributed by atoms with van der Waals surface area (Å²) in [5.41, 5.74) is 3.58. The van der Waals surface area contributed by atoms with Crippen LogP contribution in [0.3, 0.4) is 0 Å². The van der Waals surface area contributed by atoms with Gasteiger partial charge in [0, 0.05) is 18.9 Å². The molecule has 1 saturated heterocycles. The minimum Gasteiger partial charge on any atom is -0.316 e. The summed E-state index contributed by atoms with van der Waals surface area (Å²) in [4.78, 5) is 21.6. The van der Waals surface area contributed by atoms with E-state index in [1.807, 2.05) is 48.0 Å². The number of hydrogen-bond acceptors (Lipinski definition) is 4. The molecule has 3 heterocycles. The molecule has 1 unspecified atom stereocenters. The van der Waals surface area contributed by atoms with E-state index in [0.717, 1.165) is 42.7 Å². The Hall–Kier alpha value is -2.15. The predicted molar refractivity (Wildman–Crippen MR) is 117 cm³/mol. The Labute approximate surface area is 177 Å². The second-order valence-corrected chi connectivity index (χ2v) is 6.77. The van der Waals surface area contributed by atoms with Crippen LogP contribution in [0.25, 0.3) is 11.0 Å². The van der Waals surface area contributed by atoms with Gasteiger partial charge in [-0.1, -0.05) is 12.1 Å². The van der Waals surface area contributed by atoms with Gasteiger partial charge in [0.1, 0.15) is 0 Å². The number of benzene rings is 1. The Morgan fingerprint density at radius 2 is 2.11 bits per heavy atom. The summed E-state index contributed by atoms with van der Waals surface area (Å²) < 4.78 is 2.01. The van der Waals surface area contributed by atoms with E-state index in [4.69, 9.17) is 0 Å². The number of carbonyl (C=O) groups excluding carboxylic acids is 1. The maximum atomic E-state index is 12.7. The van der Waals surface area contributed by atoms with Crippen molar-refractivity contribution in [1.29, 1.82) is 0 Å². The highest BCUT2D eigenvalue weighted by molar-refractivity contribution is 6.04. The Kier molecular flexibility index (Phi) is 7.80. The summed E-state index contributed by atoms with van der Waals surface area (Å²) in [6.07, 6.45) is 5.60. The van der Waals surface area contributed by atoms with Gasteiger partial charge >= 0.3 is 0 Å². The van der Waals surface area contributed by atoms with Crippen LogP contribution in [0.1, 0.15) is 29.3 Å². The van der Waals surface area contributed by atoms with Crippen LogP contribution in [0.5, 0.6) is 0 Å². The lowest BCUT2D eigenvalue weighted by Gasteiger charge is -2.10. The van der Waals surface area contributed by atoms with Gasteiger partial charge in [0.15, 0.2) is 0 Å². The molecule has 6 nitrogen and oxygen atoms in total. The van der Waals surface area contributed by atoms with Crippen molar-refractivity contribution in [3.8, 4) is 0 Å². The third-order valence-corrected chi connectivity index (χ3v) is 4.94. The average molecular weight is 422 g/mol. The topological polar surface area (TPSA) is 71.8 Å². The molecule has 150 valence electrons. The highest BCUT2D eigenvalue weighted by Gasteiger charge is 2.17. The Morgan fingerprint density at radius 1 is 1.29 bits per heavy atom. The molecule has 1 fully saturated rings. The first-order valence-corrected chi connectivity index (χ1v) is 9.16. The molecule has 0 saturated carbocycles. The summed E-state index contributed by atoms with van der Waals surface area (Å²) >= 11 is 0. The van der Waals surface area contributed by atoms with Gasteiger partial charge in [0.25, 0.3) is 5.91 Å². The van der Waals surface area contributed by atoms with Gasteiger partial charge < -0.3 is 9.88 Å². The van der Waals surface area contributed by atoms with E-state index in [1.165, 1.54) is 6.42 Å². The summed E-state index contributed by atoms with van der Waals surface area (Å²) in [5.74, 6) is 1.03. The predicted octanol–water partition coefficient (Wildman–Crippen LogP) is 3.70. The van der Waals surface area contributed by atoms with Crippen LogP contribution in [0.15, 0.2) is 42.7 Å². The third-order valence-electron chi connectivity index (χ3n) is 4.94. The van der Waals surface area contributed by atoms with Gasteiger partial charge in [-0.05, 0) is 62.5 Å². The SMILES string of the molecule is CCn1c(NC(=O)c2cncc(CC3CCNC3)c2)nc2ccccc21.Cl.Cl. The zero-order valence-electron chi connectivity index (χ0n) is 15.7. The monoisotopic (exact) mass is 421 g/mol. The molecule has 1 aliphatic heterocycles. The number of pyridine rings is 1. The highest BCUT2D eigenvalue weighted by Crippen LogP contribution is 2.20. The molecular formula is C20H25Cl2N5O. The molecule has 1 atom stereocenters. The number of halogens is 2. The van der Waals surface area contributed by atoms with E-state index < -0.39 is 0 Å².